The number of ether oxygens (including phenoxy) is 1. The summed E-state index contributed by atoms with van der Waals surface area (Å²) in [6.45, 7) is 4.17. The van der Waals surface area contributed by atoms with Crippen molar-refractivity contribution in [3.8, 4) is 5.75 Å². The van der Waals surface area contributed by atoms with Crippen LogP contribution in [-0.4, -0.2) is 12.0 Å². The lowest BCUT2D eigenvalue weighted by Gasteiger charge is -2.36. The summed E-state index contributed by atoms with van der Waals surface area (Å²) in [6.07, 6.45) is 10.4. The van der Waals surface area contributed by atoms with Crippen LogP contribution in [-0.2, 0) is 10.2 Å². The Bertz CT molecular complexity index is 861. The number of carbonyl (C=O) groups is 1. The van der Waals surface area contributed by atoms with Crippen LogP contribution in [0.5, 0.6) is 5.75 Å². The van der Waals surface area contributed by atoms with Gasteiger partial charge in [0.15, 0.2) is 0 Å². The molecule has 3 heteroatoms. The molecule has 0 unspecified atom stereocenters. The van der Waals surface area contributed by atoms with Crippen LogP contribution in [0.1, 0.15) is 74.5 Å². The largest absolute Gasteiger partial charge is 0.490 e. The number of benzene rings is 2. The Morgan fingerprint density at radius 2 is 1.72 bits per heavy atom. The summed E-state index contributed by atoms with van der Waals surface area (Å²) in [7, 11) is 0. The fraction of sp³-hybridized carbons (Fsp3) is 0.500. The predicted octanol–water partition coefficient (Wildman–Crippen LogP) is 6.47. The van der Waals surface area contributed by atoms with E-state index in [1.165, 1.54) is 24.8 Å². The van der Waals surface area contributed by atoms with Crippen LogP contribution in [0.3, 0.4) is 0 Å². The maximum atomic E-state index is 13.5. The zero-order valence-corrected chi connectivity index (χ0v) is 17.8. The number of hydrogen-bond donors (Lipinski definition) is 1. The summed E-state index contributed by atoms with van der Waals surface area (Å²) in [5.74, 6) is 1.08. The fourth-order valence-electron chi connectivity index (χ4n) is 5.04. The van der Waals surface area contributed by atoms with Gasteiger partial charge < -0.3 is 10.1 Å². The Kier molecular flexibility index (Phi) is 5.94. The highest BCUT2D eigenvalue weighted by Crippen LogP contribution is 2.41. The van der Waals surface area contributed by atoms with E-state index in [0.717, 1.165) is 61.1 Å². The van der Waals surface area contributed by atoms with E-state index in [9.17, 15) is 4.79 Å². The highest BCUT2D eigenvalue weighted by molar-refractivity contribution is 5.99. The van der Waals surface area contributed by atoms with Gasteiger partial charge >= 0.3 is 0 Å². The molecular weight excluding hydrogens is 358 g/mol. The lowest BCUT2D eigenvalue weighted by molar-refractivity contribution is -0.122. The van der Waals surface area contributed by atoms with Crippen molar-refractivity contribution in [2.24, 2.45) is 0 Å². The maximum absolute atomic E-state index is 13.5. The fourth-order valence-corrected chi connectivity index (χ4v) is 5.04. The number of nitrogens with one attached hydrogen (secondary N) is 1. The molecule has 29 heavy (non-hydrogen) atoms. The van der Waals surface area contributed by atoms with E-state index in [0.29, 0.717) is 6.10 Å². The van der Waals surface area contributed by atoms with Gasteiger partial charge in [-0.15, -0.1) is 0 Å². The molecule has 4 rings (SSSR count). The summed E-state index contributed by atoms with van der Waals surface area (Å²) in [4.78, 5) is 13.5. The van der Waals surface area contributed by atoms with Gasteiger partial charge in [-0.1, -0.05) is 49.1 Å². The molecule has 0 bridgehead atoms. The third-order valence-electron chi connectivity index (χ3n) is 6.74. The first-order chi connectivity index (χ1) is 14.1. The number of amides is 1. The van der Waals surface area contributed by atoms with Gasteiger partial charge in [0, 0.05) is 5.69 Å². The van der Waals surface area contributed by atoms with E-state index in [1.54, 1.807) is 0 Å². The molecule has 2 saturated carbocycles. The molecule has 2 aromatic carbocycles. The van der Waals surface area contributed by atoms with Gasteiger partial charge in [-0.25, -0.2) is 0 Å². The van der Waals surface area contributed by atoms with E-state index >= 15 is 0 Å². The molecule has 0 radical (unpaired) electrons. The summed E-state index contributed by atoms with van der Waals surface area (Å²) in [5.41, 5.74) is 3.90. The quantitative estimate of drug-likeness (QED) is 0.635. The van der Waals surface area contributed by atoms with Crippen LogP contribution in [0.25, 0.3) is 0 Å². The van der Waals surface area contributed by atoms with Crippen molar-refractivity contribution in [2.45, 2.75) is 83.2 Å². The zero-order valence-electron chi connectivity index (χ0n) is 17.8. The Labute approximate surface area is 174 Å². The highest BCUT2D eigenvalue weighted by atomic mass is 16.5. The van der Waals surface area contributed by atoms with E-state index in [2.05, 4.69) is 49.5 Å². The van der Waals surface area contributed by atoms with Crippen LogP contribution >= 0.6 is 0 Å². The van der Waals surface area contributed by atoms with Crippen LogP contribution < -0.4 is 10.1 Å². The normalized spacial score (nSPS) is 19.1. The third kappa shape index (κ3) is 4.34. The minimum atomic E-state index is -0.419. The maximum Gasteiger partial charge on any atom is 0.235 e. The molecule has 0 aliphatic heterocycles. The molecule has 1 amide bonds. The monoisotopic (exact) mass is 391 g/mol. The number of hydrogen-bond acceptors (Lipinski definition) is 2. The van der Waals surface area contributed by atoms with Gasteiger partial charge in [0.25, 0.3) is 0 Å². The Hall–Kier alpha value is -2.29. The Morgan fingerprint density at radius 1 is 0.966 bits per heavy atom. The van der Waals surface area contributed by atoms with Gasteiger partial charge in [0.2, 0.25) is 5.91 Å². The van der Waals surface area contributed by atoms with Crippen LogP contribution in [0, 0.1) is 13.8 Å². The topological polar surface area (TPSA) is 38.3 Å². The molecule has 0 aromatic heterocycles. The van der Waals surface area contributed by atoms with Crippen molar-refractivity contribution >= 4 is 11.6 Å². The summed E-state index contributed by atoms with van der Waals surface area (Å²) < 4.78 is 6.17. The van der Waals surface area contributed by atoms with Crippen LogP contribution in [0.2, 0.25) is 0 Å². The van der Waals surface area contributed by atoms with Gasteiger partial charge in [-0.05, 0) is 81.7 Å². The highest BCUT2D eigenvalue weighted by Gasteiger charge is 2.41. The molecule has 3 nitrogen and oxygen atoms in total. The average Bonchev–Trinajstić information content (AvgIpc) is 3.24. The van der Waals surface area contributed by atoms with Crippen molar-refractivity contribution in [2.75, 3.05) is 5.32 Å². The minimum Gasteiger partial charge on any atom is -0.490 e. The first-order valence-electron chi connectivity index (χ1n) is 11.2. The summed E-state index contributed by atoms with van der Waals surface area (Å²) in [5, 5.41) is 3.24. The SMILES string of the molecule is Cc1cccc(C2(C(=O)Nc3ccc(OC4CCCC4)c(C)c3)CCCCC2)c1. The van der Waals surface area contributed by atoms with Crippen molar-refractivity contribution in [3.05, 3.63) is 59.2 Å². The first kappa shape index (κ1) is 20.0. The second kappa shape index (κ2) is 8.61. The van der Waals surface area contributed by atoms with E-state index in [-0.39, 0.29) is 5.91 Å². The second-order valence-electron chi connectivity index (χ2n) is 8.97. The Morgan fingerprint density at radius 3 is 2.41 bits per heavy atom. The van der Waals surface area contributed by atoms with Crippen molar-refractivity contribution in [1.29, 1.82) is 0 Å². The van der Waals surface area contributed by atoms with E-state index in [1.807, 2.05) is 12.1 Å². The molecular formula is C26H33NO2. The lowest BCUT2D eigenvalue weighted by atomic mass is 9.68. The number of aryl methyl sites for hydroxylation is 2. The van der Waals surface area contributed by atoms with Crippen molar-refractivity contribution < 1.29 is 9.53 Å². The molecule has 2 aliphatic carbocycles. The smallest absolute Gasteiger partial charge is 0.235 e. The van der Waals surface area contributed by atoms with E-state index in [4.69, 9.17) is 4.74 Å². The standard InChI is InChI=1S/C26H33NO2/c1-19-9-8-10-21(17-19)26(15-6-3-7-16-26)25(28)27-22-13-14-24(20(2)18-22)29-23-11-4-5-12-23/h8-10,13-14,17-18,23H,3-7,11-12,15-16H2,1-2H3,(H,27,28). The molecule has 0 spiro atoms. The predicted molar refractivity (Wildman–Crippen MR) is 119 cm³/mol. The Balaban J connectivity index is 1.54. The van der Waals surface area contributed by atoms with Gasteiger partial charge in [0.1, 0.15) is 5.75 Å². The number of carbonyl (C=O) groups excluding carboxylic acids is 1. The molecule has 154 valence electrons. The molecule has 2 aromatic rings. The molecule has 0 saturated heterocycles. The van der Waals surface area contributed by atoms with Crippen molar-refractivity contribution in [1.82, 2.24) is 0 Å². The van der Waals surface area contributed by atoms with E-state index < -0.39 is 5.41 Å². The molecule has 0 atom stereocenters. The third-order valence-corrected chi connectivity index (χ3v) is 6.74. The molecule has 2 aliphatic rings. The first-order valence-corrected chi connectivity index (χ1v) is 11.2. The molecule has 2 fully saturated rings. The van der Waals surface area contributed by atoms with Gasteiger partial charge in [-0.3, -0.25) is 4.79 Å². The average molecular weight is 392 g/mol. The van der Waals surface area contributed by atoms with Gasteiger partial charge in [0.05, 0.1) is 11.5 Å². The van der Waals surface area contributed by atoms with Crippen LogP contribution in [0.4, 0.5) is 5.69 Å². The summed E-state index contributed by atoms with van der Waals surface area (Å²) in [6, 6.07) is 14.6. The van der Waals surface area contributed by atoms with Gasteiger partial charge in [-0.2, -0.15) is 0 Å². The summed E-state index contributed by atoms with van der Waals surface area (Å²) >= 11 is 0. The lowest BCUT2D eigenvalue weighted by Crippen LogP contribution is -2.42. The zero-order chi connectivity index (χ0) is 20.3. The molecule has 0 heterocycles. The van der Waals surface area contributed by atoms with Crippen molar-refractivity contribution in [3.63, 3.8) is 0 Å². The molecule has 1 N–H and O–H groups in total. The number of rotatable bonds is 5. The second-order valence-corrected chi connectivity index (χ2v) is 8.97. The van der Waals surface area contributed by atoms with Crippen LogP contribution in [0.15, 0.2) is 42.5 Å². The number of anilines is 1. The minimum absolute atomic E-state index is 0.131.